The highest BCUT2D eigenvalue weighted by molar-refractivity contribution is 5.93. The fourth-order valence-corrected chi connectivity index (χ4v) is 1.81. The van der Waals surface area contributed by atoms with Crippen molar-refractivity contribution in [2.75, 3.05) is 19.6 Å². The average Bonchev–Trinajstić information content (AvgIpc) is 2.90. The van der Waals surface area contributed by atoms with Crippen LogP contribution in [0.15, 0.2) is 6.33 Å². The molecule has 7 nitrogen and oxygen atoms in total. The molecular formula is C10H15N5O2. The van der Waals surface area contributed by atoms with E-state index in [-0.39, 0.29) is 18.3 Å². The van der Waals surface area contributed by atoms with E-state index in [9.17, 15) is 9.59 Å². The predicted molar refractivity (Wildman–Crippen MR) is 59.1 cm³/mol. The third-order valence-electron chi connectivity index (χ3n) is 2.74. The van der Waals surface area contributed by atoms with Crippen LogP contribution >= 0.6 is 0 Å². The molecule has 1 aliphatic rings. The van der Waals surface area contributed by atoms with Gasteiger partial charge in [0.15, 0.2) is 0 Å². The minimum atomic E-state index is -0.409. The average molecular weight is 237 g/mol. The third kappa shape index (κ3) is 3.02. The highest BCUT2D eigenvalue weighted by atomic mass is 16.2. The molecule has 0 atom stereocenters. The van der Waals surface area contributed by atoms with Crippen molar-refractivity contribution in [2.24, 2.45) is 0 Å². The molecule has 1 aromatic heterocycles. The van der Waals surface area contributed by atoms with Crippen LogP contribution in [0.3, 0.4) is 0 Å². The molecule has 7 heteroatoms. The number of carbonyl (C=O) groups is 2. The van der Waals surface area contributed by atoms with Crippen molar-refractivity contribution in [1.29, 1.82) is 0 Å². The Kier molecular flexibility index (Phi) is 3.69. The minimum Gasteiger partial charge on any atom is -0.341 e. The zero-order valence-corrected chi connectivity index (χ0v) is 9.48. The van der Waals surface area contributed by atoms with E-state index in [0.717, 1.165) is 25.9 Å². The van der Waals surface area contributed by atoms with Crippen LogP contribution in [-0.2, 0) is 4.79 Å². The zero-order valence-electron chi connectivity index (χ0n) is 9.48. The van der Waals surface area contributed by atoms with Gasteiger partial charge in [0, 0.05) is 13.1 Å². The molecule has 1 aliphatic heterocycles. The first kappa shape index (κ1) is 11.6. The van der Waals surface area contributed by atoms with Crippen LogP contribution in [0.4, 0.5) is 0 Å². The standard InChI is InChI=1S/C10H15N5O2/c16-8(15-4-2-1-3-5-15)6-11-10(17)9-12-7-13-14-9/h7H,1-6H2,(H,11,17)(H,12,13,14). The monoisotopic (exact) mass is 237 g/mol. The molecule has 0 spiro atoms. The summed E-state index contributed by atoms with van der Waals surface area (Å²) in [6.45, 7) is 1.59. The van der Waals surface area contributed by atoms with Crippen molar-refractivity contribution in [3.05, 3.63) is 12.2 Å². The lowest BCUT2D eigenvalue weighted by atomic mass is 10.1. The van der Waals surface area contributed by atoms with Crippen LogP contribution in [0.25, 0.3) is 0 Å². The zero-order chi connectivity index (χ0) is 12.1. The van der Waals surface area contributed by atoms with Gasteiger partial charge in [0.1, 0.15) is 6.33 Å². The summed E-state index contributed by atoms with van der Waals surface area (Å²) in [6.07, 6.45) is 4.51. The quantitative estimate of drug-likeness (QED) is 0.744. The molecule has 17 heavy (non-hydrogen) atoms. The Balaban J connectivity index is 1.77. The molecule has 2 rings (SSSR count). The van der Waals surface area contributed by atoms with Crippen LogP contribution in [0.5, 0.6) is 0 Å². The Morgan fingerprint density at radius 3 is 2.76 bits per heavy atom. The summed E-state index contributed by atoms with van der Waals surface area (Å²) < 4.78 is 0. The summed E-state index contributed by atoms with van der Waals surface area (Å²) in [5, 5.41) is 8.53. The largest absolute Gasteiger partial charge is 0.341 e. The van der Waals surface area contributed by atoms with Gasteiger partial charge in [-0.2, -0.15) is 5.10 Å². The maximum absolute atomic E-state index is 11.7. The summed E-state index contributed by atoms with van der Waals surface area (Å²) in [6, 6.07) is 0. The van der Waals surface area contributed by atoms with E-state index < -0.39 is 5.91 Å². The number of H-pyrrole nitrogens is 1. The first-order valence-electron chi connectivity index (χ1n) is 5.69. The molecule has 2 N–H and O–H groups in total. The number of likely N-dealkylation sites (tertiary alicyclic amines) is 1. The lowest BCUT2D eigenvalue weighted by Gasteiger charge is -2.26. The molecule has 0 bridgehead atoms. The minimum absolute atomic E-state index is 0.0134. The Bertz CT molecular complexity index is 383. The van der Waals surface area contributed by atoms with Crippen molar-refractivity contribution in [3.63, 3.8) is 0 Å². The number of hydrogen-bond acceptors (Lipinski definition) is 4. The second kappa shape index (κ2) is 5.42. The van der Waals surface area contributed by atoms with Gasteiger partial charge in [-0.05, 0) is 19.3 Å². The summed E-state index contributed by atoms with van der Waals surface area (Å²) in [5.41, 5.74) is 0. The Labute approximate surface area is 98.6 Å². The highest BCUT2D eigenvalue weighted by Gasteiger charge is 2.17. The first-order chi connectivity index (χ1) is 8.27. The SMILES string of the molecule is O=C(NCC(=O)N1CCCCC1)c1ncn[nH]1. The van der Waals surface area contributed by atoms with E-state index in [4.69, 9.17) is 0 Å². The van der Waals surface area contributed by atoms with Gasteiger partial charge in [-0.25, -0.2) is 4.98 Å². The second-order valence-electron chi connectivity index (χ2n) is 3.96. The molecular weight excluding hydrogens is 222 g/mol. The van der Waals surface area contributed by atoms with Gasteiger partial charge in [0.25, 0.3) is 5.91 Å². The summed E-state index contributed by atoms with van der Waals surface area (Å²) in [5.74, 6) is -0.332. The Morgan fingerprint density at radius 2 is 2.12 bits per heavy atom. The molecule has 0 unspecified atom stereocenters. The lowest BCUT2D eigenvalue weighted by Crippen LogP contribution is -2.42. The topological polar surface area (TPSA) is 91.0 Å². The molecule has 1 fully saturated rings. The predicted octanol–water partition coefficient (Wildman–Crippen LogP) is -0.453. The lowest BCUT2D eigenvalue weighted by molar-refractivity contribution is -0.130. The van der Waals surface area contributed by atoms with E-state index in [1.807, 2.05) is 0 Å². The summed E-state index contributed by atoms with van der Waals surface area (Å²) in [7, 11) is 0. The van der Waals surface area contributed by atoms with Gasteiger partial charge < -0.3 is 10.2 Å². The first-order valence-corrected chi connectivity index (χ1v) is 5.69. The maximum atomic E-state index is 11.7. The Morgan fingerprint density at radius 1 is 1.35 bits per heavy atom. The molecule has 0 aliphatic carbocycles. The molecule has 0 radical (unpaired) electrons. The second-order valence-corrected chi connectivity index (χ2v) is 3.96. The Hall–Kier alpha value is -1.92. The van der Waals surface area contributed by atoms with E-state index in [1.165, 1.54) is 12.7 Å². The maximum Gasteiger partial charge on any atom is 0.289 e. The molecule has 2 amide bonds. The summed E-state index contributed by atoms with van der Waals surface area (Å²) >= 11 is 0. The van der Waals surface area contributed by atoms with E-state index >= 15 is 0 Å². The molecule has 1 aromatic rings. The van der Waals surface area contributed by atoms with Crippen molar-refractivity contribution in [1.82, 2.24) is 25.4 Å². The molecule has 1 saturated heterocycles. The number of piperidine rings is 1. The van der Waals surface area contributed by atoms with Gasteiger partial charge >= 0.3 is 0 Å². The van der Waals surface area contributed by atoms with E-state index in [1.54, 1.807) is 4.90 Å². The van der Waals surface area contributed by atoms with E-state index in [0.29, 0.717) is 0 Å². The van der Waals surface area contributed by atoms with Crippen molar-refractivity contribution in [3.8, 4) is 0 Å². The third-order valence-corrected chi connectivity index (χ3v) is 2.74. The van der Waals surface area contributed by atoms with Crippen LogP contribution < -0.4 is 5.32 Å². The number of aromatic nitrogens is 3. The number of rotatable bonds is 3. The number of hydrogen-bond donors (Lipinski definition) is 2. The molecule has 92 valence electrons. The fourth-order valence-electron chi connectivity index (χ4n) is 1.81. The van der Waals surface area contributed by atoms with Crippen molar-refractivity contribution < 1.29 is 9.59 Å². The molecule has 2 heterocycles. The smallest absolute Gasteiger partial charge is 0.289 e. The molecule has 0 aromatic carbocycles. The van der Waals surface area contributed by atoms with Crippen LogP contribution in [0.1, 0.15) is 29.9 Å². The van der Waals surface area contributed by atoms with Gasteiger partial charge in [0.2, 0.25) is 11.7 Å². The fraction of sp³-hybridized carbons (Fsp3) is 0.600. The molecule has 0 saturated carbocycles. The number of nitrogens with one attached hydrogen (secondary N) is 2. The number of carbonyl (C=O) groups excluding carboxylic acids is 2. The van der Waals surface area contributed by atoms with Gasteiger partial charge in [-0.15, -0.1) is 0 Å². The van der Waals surface area contributed by atoms with E-state index in [2.05, 4.69) is 20.5 Å². The number of amides is 2. The normalized spacial score (nSPS) is 15.6. The van der Waals surface area contributed by atoms with Crippen LogP contribution in [-0.4, -0.2) is 51.5 Å². The highest BCUT2D eigenvalue weighted by Crippen LogP contribution is 2.08. The van der Waals surface area contributed by atoms with Crippen molar-refractivity contribution >= 4 is 11.8 Å². The summed E-state index contributed by atoms with van der Waals surface area (Å²) in [4.78, 5) is 28.7. The van der Waals surface area contributed by atoms with Gasteiger partial charge in [-0.3, -0.25) is 14.7 Å². The van der Waals surface area contributed by atoms with Crippen LogP contribution in [0, 0.1) is 0 Å². The van der Waals surface area contributed by atoms with Crippen molar-refractivity contribution in [2.45, 2.75) is 19.3 Å². The van der Waals surface area contributed by atoms with Gasteiger partial charge in [0.05, 0.1) is 6.54 Å². The van der Waals surface area contributed by atoms with Gasteiger partial charge in [-0.1, -0.05) is 0 Å². The number of aromatic amines is 1. The number of nitrogens with zero attached hydrogens (tertiary/aromatic N) is 3. The van der Waals surface area contributed by atoms with Crippen LogP contribution in [0.2, 0.25) is 0 Å².